The molecule has 2 rings (SSSR count). The summed E-state index contributed by atoms with van der Waals surface area (Å²) in [6.45, 7) is 2.09. The number of anilines is 1. The van der Waals surface area contributed by atoms with Crippen LogP contribution in [0.25, 0.3) is 0 Å². The lowest BCUT2D eigenvalue weighted by Crippen LogP contribution is -2.17. The van der Waals surface area contributed by atoms with Crippen LogP contribution in [0.3, 0.4) is 0 Å². The molecule has 0 unspecified atom stereocenters. The largest absolute Gasteiger partial charge is 0.320 e. The van der Waals surface area contributed by atoms with Crippen molar-refractivity contribution in [1.29, 1.82) is 0 Å². The van der Waals surface area contributed by atoms with Crippen LogP contribution in [0.5, 0.6) is 0 Å². The van der Waals surface area contributed by atoms with Gasteiger partial charge in [-0.15, -0.1) is 0 Å². The van der Waals surface area contributed by atoms with Crippen molar-refractivity contribution in [3.05, 3.63) is 41.3 Å². The molecule has 0 saturated heterocycles. The van der Waals surface area contributed by atoms with Gasteiger partial charge in [-0.3, -0.25) is 9.48 Å². The molecule has 2 aromatic heterocycles. The predicted molar refractivity (Wildman–Crippen MR) is 76.1 cm³/mol. The molecule has 0 aliphatic rings. The lowest BCUT2D eigenvalue weighted by molar-refractivity contribution is 0.102. The van der Waals surface area contributed by atoms with Gasteiger partial charge >= 0.3 is 0 Å². The van der Waals surface area contributed by atoms with Crippen LogP contribution in [0.15, 0.2) is 24.4 Å². The van der Waals surface area contributed by atoms with E-state index >= 15 is 0 Å². The molecule has 6 nitrogen and oxygen atoms in total. The fourth-order valence-corrected chi connectivity index (χ4v) is 1.74. The molecule has 102 valence electrons. The summed E-state index contributed by atoms with van der Waals surface area (Å²) in [6.07, 6.45) is 1.55. The van der Waals surface area contributed by atoms with E-state index in [4.69, 9.17) is 5.73 Å². The Labute approximate surface area is 117 Å². The van der Waals surface area contributed by atoms with Crippen molar-refractivity contribution in [1.82, 2.24) is 14.8 Å². The monoisotopic (exact) mass is 269 g/mol. The van der Waals surface area contributed by atoms with Gasteiger partial charge in [0.15, 0.2) is 0 Å². The Balaban J connectivity index is 2.28. The zero-order valence-electron chi connectivity index (χ0n) is 11.3. The van der Waals surface area contributed by atoms with Crippen LogP contribution in [0.4, 0.5) is 5.82 Å². The second-order valence-electron chi connectivity index (χ2n) is 4.15. The molecule has 0 aliphatic carbocycles. The summed E-state index contributed by atoms with van der Waals surface area (Å²) in [4.78, 5) is 16.3. The van der Waals surface area contributed by atoms with Crippen LogP contribution in [-0.2, 0) is 7.05 Å². The number of aromatic nitrogens is 3. The Kier molecular flexibility index (Phi) is 4.13. The average molecular weight is 269 g/mol. The van der Waals surface area contributed by atoms with Crippen molar-refractivity contribution in [3.8, 4) is 11.8 Å². The standard InChI is InChI=1S/C14H15N5O/c1-10-9-12(19(2)18-10)17-14(20)13-11(5-3-7-15)6-4-8-16-13/h4,6,8-9H,7,15H2,1-2H3,(H,17,20). The van der Waals surface area contributed by atoms with E-state index in [1.165, 1.54) is 0 Å². The second-order valence-corrected chi connectivity index (χ2v) is 4.15. The maximum absolute atomic E-state index is 12.2. The molecule has 0 aliphatic heterocycles. The Bertz CT molecular complexity index is 693. The molecule has 6 heteroatoms. The summed E-state index contributed by atoms with van der Waals surface area (Å²) in [7, 11) is 1.76. The van der Waals surface area contributed by atoms with Crippen molar-refractivity contribution in [3.63, 3.8) is 0 Å². The fourth-order valence-electron chi connectivity index (χ4n) is 1.74. The third-order valence-electron chi connectivity index (χ3n) is 2.59. The van der Waals surface area contributed by atoms with Gasteiger partial charge in [0.2, 0.25) is 0 Å². The van der Waals surface area contributed by atoms with E-state index in [0.29, 0.717) is 11.4 Å². The molecule has 0 atom stereocenters. The maximum atomic E-state index is 12.2. The van der Waals surface area contributed by atoms with E-state index in [2.05, 4.69) is 27.2 Å². The van der Waals surface area contributed by atoms with E-state index in [1.54, 1.807) is 36.1 Å². The smallest absolute Gasteiger partial charge is 0.276 e. The van der Waals surface area contributed by atoms with Gasteiger partial charge < -0.3 is 11.1 Å². The third-order valence-corrected chi connectivity index (χ3v) is 2.59. The first-order chi connectivity index (χ1) is 9.61. The molecular formula is C14H15N5O. The van der Waals surface area contributed by atoms with Crippen molar-refractivity contribution >= 4 is 11.7 Å². The number of pyridine rings is 1. The summed E-state index contributed by atoms with van der Waals surface area (Å²) >= 11 is 0. The summed E-state index contributed by atoms with van der Waals surface area (Å²) in [5, 5.41) is 6.93. The van der Waals surface area contributed by atoms with Crippen molar-refractivity contribution in [2.24, 2.45) is 12.8 Å². The summed E-state index contributed by atoms with van der Waals surface area (Å²) in [5.41, 5.74) is 6.99. The van der Waals surface area contributed by atoms with Gasteiger partial charge in [-0.2, -0.15) is 5.10 Å². The maximum Gasteiger partial charge on any atom is 0.276 e. The minimum absolute atomic E-state index is 0.233. The molecule has 0 radical (unpaired) electrons. The molecule has 2 heterocycles. The van der Waals surface area contributed by atoms with Crippen LogP contribution in [0.1, 0.15) is 21.7 Å². The van der Waals surface area contributed by atoms with Gasteiger partial charge in [0.25, 0.3) is 5.91 Å². The summed E-state index contributed by atoms with van der Waals surface area (Å²) in [6, 6.07) is 5.25. The van der Waals surface area contributed by atoms with E-state index in [0.717, 1.165) is 5.69 Å². The second kappa shape index (κ2) is 5.99. The van der Waals surface area contributed by atoms with Gasteiger partial charge in [-0.25, -0.2) is 4.98 Å². The third kappa shape index (κ3) is 3.02. The molecule has 20 heavy (non-hydrogen) atoms. The minimum atomic E-state index is -0.324. The predicted octanol–water partition coefficient (Wildman–Crippen LogP) is 0.686. The topological polar surface area (TPSA) is 85.8 Å². The molecule has 1 amide bonds. The lowest BCUT2D eigenvalue weighted by atomic mass is 10.2. The Morgan fingerprint density at radius 3 is 3.00 bits per heavy atom. The van der Waals surface area contributed by atoms with Crippen LogP contribution >= 0.6 is 0 Å². The van der Waals surface area contributed by atoms with Crippen molar-refractivity contribution < 1.29 is 4.79 Å². The zero-order valence-corrected chi connectivity index (χ0v) is 11.3. The van der Waals surface area contributed by atoms with Gasteiger partial charge in [-0.05, 0) is 19.1 Å². The number of hydrogen-bond acceptors (Lipinski definition) is 4. The van der Waals surface area contributed by atoms with Crippen LogP contribution in [0, 0.1) is 18.8 Å². The fraction of sp³-hybridized carbons (Fsp3) is 0.214. The van der Waals surface area contributed by atoms with Crippen molar-refractivity contribution in [2.45, 2.75) is 6.92 Å². The summed E-state index contributed by atoms with van der Waals surface area (Å²) in [5.74, 6) is 5.84. The summed E-state index contributed by atoms with van der Waals surface area (Å²) < 4.78 is 1.60. The number of rotatable bonds is 2. The first-order valence-corrected chi connectivity index (χ1v) is 6.07. The average Bonchev–Trinajstić information content (AvgIpc) is 2.75. The number of amides is 1. The number of nitrogens with one attached hydrogen (secondary N) is 1. The number of carbonyl (C=O) groups excluding carboxylic acids is 1. The van der Waals surface area contributed by atoms with Crippen LogP contribution in [-0.4, -0.2) is 27.2 Å². The molecule has 0 spiro atoms. The molecule has 2 aromatic rings. The molecule has 0 fully saturated rings. The quantitative estimate of drug-likeness (QED) is 0.785. The normalized spacial score (nSPS) is 9.75. The number of nitrogens with two attached hydrogens (primary N) is 1. The van der Waals surface area contributed by atoms with Gasteiger partial charge in [-0.1, -0.05) is 11.8 Å². The minimum Gasteiger partial charge on any atom is -0.320 e. The van der Waals surface area contributed by atoms with E-state index in [9.17, 15) is 4.79 Å². The number of hydrogen-bond donors (Lipinski definition) is 2. The highest BCUT2D eigenvalue weighted by molar-refractivity contribution is 6.04. The highest BCUT2D eigenvalue weighted by Crippen LogP contribution is 2.11. The van der Waals surface area contributed by atoms with Crippen molar-refractivity contribution in [2.75, 3.05) is 11.9 Å². The van der Waals surface area contributed by atoms with Crippen LogP contribution in [0.2, 0.25) is 0 Å². The SMILES string of the molecule is Cc1cc(NC(=O)c2ncccc2C#CCN)n(C)n1. The number of carbonyl (C=O) groups is 1. The van der Waals surface area contributed by atoms with Crippen LogP contribution < -0.4 is 11.1 Å². The van der Waals surface area contributed by atoms with Gasteiger partial charge in [0.05, 0.1) is 17.8 Å². The molecule has 0 aromatic carbocycles. The van der Waals surface area contributed by atoms with Gasteiger partial charge in [0.1, 0.15) is 11.5 Å². The lowest BCUT2D eigenvalue weighted by Gasteiger charge is -2.05. The number of aryl methyl sites for hydroxylation is 2. The number of nitrogens with zero attached hydrogens (tertiary/aromatic N) is 3. The Hall–Kier alpha value is -2.65. The highest BCUT2D eigenvalue weighted by atomic mass is 16.2. The molecule has 0 bridgehead atoms. The van der Waals surface area contributed by atoms with E-state index in [-0.39, 0.29) is 18.1 Å². The van der Waals surface area contributed by atoms with E-state index < -0.39 is 0 Å². The van der Waals surface area contributed by atoms with Gasteiger partial charge in [0, 0.05) is 19.3 Å². The first-order valence-electron chi connectivity index (χ1n) is 6.07. The molecule has 3 N–H and O–H groups in total. The Morgan fingerprint density at radius 2 is 2.35 bits per heavy atom. The molecular weight excluding hydrogens is 254 g/mol. The molecule has 0 saturated carbocycles. The highest BCUT2D eigenvalue weighted by Gasteiger charge is 2.13. The van der Waals surface area contributed by atoms with E-state index in [1.807, 2.05) is 6.92 Å². The Morgan fingerprint density at radius 1 is 1.55 bits per heavy atom. The first kappa shape index (κ1) is 13.8. The zero-order chi connectivity index (χ0) is 14.5.